The van der Waals surface area contributed by atoms with Gasteiger partial charge in [0.25, 0.3) is 0 Å². The summed E-state index contributed by atoms with van der Waals surface area (Å²) in [6, 6.07) is 17.0. The summed E-state index contributed by atoms with van der Waals surface area (Å²) in [5.41, 5.74) is 1.86. The van der Waals surface area contributed by atoms with E-state index < -0.39 is 0 Å². The molecule has 0 aliphatic heterocycles. The van der Waals surface area contributed by atoms with Crippen LogP contribution in [0.25, 0.3) is 0 Å². The van der Waals surface area contributed by atoms with Crippen molar-refractivity contribution in [3.8, 4) is 0 Å². The highest BCUT2D eigenvalue weighted by Crippen LogP contribution is 2.22. The highest BCUT2D eigenvalue weighted by Gasteiger charge is 2.12. The van der Waals surface area contributed by atoms with Gasteiger partial charge >= 0.3 is 0 Å². The van der Waals surface area contributed by atoms with E-state index in [1.54, 1.807) is 10.9 Å². The lowest BCUT2D eigenvalue weighted by molar-refractivity contribution is -0.115. The van der Waals surface area contributed by atoms with Crippen LogP contribution in [0.4, 0.5) is 5.82 Å². The van der Waals surface area contributed by atoms with Crippen LogP contribution in [0, 0.1) is 0 Å². The maximum Gasteiger partial charge on any atom is 0.230 e. The van der Waals surface area contributed by atoms with Crippen LogP contribution in [-0.4, -0.2) is 15.7 Å². The zero-order valence-corrected chi connectivity index (χ0v) is 14.3. The van der Waals surface area contributed by atoms with Crippen molar-refractivity contribution in [3.63, 3.8) is 0 Å². The van der Waals surface area contributed by atoms with E-state index in [1.807, 2.05) is 54.6 Å². The first-order valence-corrected chi connectivity index (χ1v) is 8.17. The summed E-state index contributed by atoms with van der Waals surface area (Å²) in [7, 11) is 0. The van der Waals surface area contributed by atoms with Crippen molar-refractivity contribution in [2.75, 3.05) is 5.32 Å². The van der Waals surface area contributed by atoms with Gasteiger partial charge in [0.2, 0.25) is 5.91 Å². The van der Waals surface area contributed by atoms with Crippen LogP contribution in [0.1, 0.15) is 11.1 Å². The molecule has 2 aromatic carbocycles. The topological polar surface area (TPSA) is 46.9 Å². The number of hydrogen-bond acceptors (Lipinski definition) is 2. The fraction of sp³-hybridized carbons (Fsp3) is 0.111. The number of rotatable bonds is 5. The Labute approximate surface area is 150 Å². The lowest BCUT2D eigenvalue weighted by atomic mass is 10.1. The van der Waals surface area contributed by atoms with Crippen molar-refractivity contribution in [2.45, 2.75) is 13.0 Å². The molecule has 122 valence electrons. The van der Waals surface area contributed by atoms with Crippen molar-refractivity contribution < 1.29 is 4.79 Å². The number of nitrogens with one attached hydrogen (secondary N) is 1. The van der Waals surface area contributed by atoms with Crippen molar-refractivity contribution in [1.82, 2.24) is 9.78 Å². The Morgan fingerprint density at radius 2 is 1.71 bits per heavy atom. The molecule has 0 fully saturated rings. The first-order chi connectivity index (χ1) is 11.6. The zero-order valence-electron chi connectivity index (χ0n) is 12.7. The maximum atomic E-state index is 12.1. The average Bonchev–Trinajstić information content (AvgIpc) is 2.90. The Bertz CT molecular complexity index is 846. The van der Waals surface area contributed by atoms with Gasteiger partial charge in [0, 0.05) is 11.2 Å². The highest BCUT2D eigenvalue weighted by molar-refractivity contribution is 6.33. The Hall–Kier alpha value is -2.30. The van der Waals surface area contributed by atoms with Gasteiger partial charge in [0.15, 0.2) is 5.82 Å². The van der Waals surface area contributed by atoms with Gasteiger partial charge < -0.3 is 5.32 Å². The van der Waals surface area contributed by atoms with Gasteiger partial charge in [0.1, 0.15) is 5.02 Å². The molecule has 0 unspecified atom stereocenters. The van der Waals surface area contributed by atoms with Crippen LogP contribution >= 0.6 is 23.2 Å². The lowest BCUT2D eigenvalue weighted by Gasteiger charge is -2.04. The first kappa shape index (κ1) is 16.6. The zero-order chi connectivity index (χ0) is 16.9. The summed E-state index contributed by atoms with van der Waals surface area (Å²) < 4.78 is 1.65. The van der Waals surface area contributed by atoms with E-state index in [4.69, 9.17) is 23.2 Å². The highest BCUT2D eigenvalue weighted by atomic mass is 35.5. The van der Waals surface area contributed by atoms with Crippen LogP contribution in [0.15, 0.2) is 60.8 Å². The lowest BCUT2D eigenvalue weighted by Crippen LogP contribution is -2.15. The van der Waals surface area contributed by atoms with Crippen LogP contribution in [0.3, 0.4) is 0 Å². The normalized spacial score (nSPS) is 10.6. The summed E-state index contributed by atoms with van der Waals surface area (Å²) in [5, 5.41) is 8.12. The fourth-order valence-electron chi connectivity index (χ4n) is 2.32. The van der Waals surface area contributed by atoms with Crippen LogP contribution in [0.2, 0.25) is 10.0 Å². The molecule has 0 saturated carbocycles. The van der Waals surface area contributed by atoms with Crippen LogP contribution in [0.5, 0.6) is 0 Å². The van der Waals surface area contributed by atoms with Crippen LogP contribution in [-0.2, 0) is 17.8 Å². The van der Waals surface area contributed by atoms with Crippen molar-refractivity contribution in [3.05, 3.63) is 82.0 Å². The minimum atomic E-state index is -0.161. The molecule has 4 nitrogen and oxygen atoms in total. The van der Waals surface area contributed by atoms with E-state index >= 15 is 0 Å². The second-order valence-corrected chi connectivity index (χ2v) is 6.14. The number of amides is 1. The van der Waals surface area contributed by atoms with Crippen molar-refractivity contribution in [2.24, 2.45) is 0 Å². The standard InChI is InChI=1S/C18H15Cl2N3O/c19-15-9-5-4-8-14(15)11-23-12-16(20)18(22-23)21-17(24)10-13-6-2-1-3-7-13/h1-9,12H,10-11H2,(H,21,22,24). The minimum Gasteiger partial charge on any atom is -0.308 e. The SMILES string of the molecule is O=C(Cc1ccccc1)Nc1nn(Cc2ccccc2Cl)cc1Cl. The van der Waals surface area contributed by atoms with Crippen molar-refractivity contribution in [1.29, 1.82) is 0 Å². The summed E-state index contributed by atoms with van der Waals surface area (Å²) >= 11 is 12.3. The molecule has 1 aromatic heterocycles. The molecule has 3 rings (SSSR count). The second kappa shape index (κ2) is 7.51. The number of aromatic nitrogens is 2. The molecule has 3 aromatic rings. The molecule has 1 amide bonds. The summed E-state index contributed by atoms with van der Waals surface area (Å²) in [4.78, 5) is 12.1. The Morgan fingerprint density at radius 1 is 1.00 bits per heavy atom. The van der Waals surface area contributed by atoms with E-state index in [-0.39, 0.29) is 12.3 Å². The Morgan fingerprint density at radius 3 is 2.46 bits per heavy atom. The smallest absolute Gasteiger partial charge is 0.230 e. The third-order valence-corrected chi connectivity index (χ3v) is 4.12. The van der Waals surface area contributed by atoms with Gasteiger partial charge in [0.05, 0.1) is 13.0 Å². The third-order valence-electron chi connectivity index (χ3n) is 3.47. The molecule has 0 aliphatic carbocycles. The van der Waals surface area contributed by atoms with Gasteiger partial charge in [-0.2, -0.15) is 5.10 Å². The van der Waals surface area contributed by atoms with Gasteiger partial charge in [-0.1, -0.05) is 71.7 Å². The molecule has 0 aliphatic rings. The number of anilines is 1. The second-order valence-electron chi connectivity index (χ2n) is 5.33. The number of benzene rings is 2. The first-order valence-electron chi connectivity index (χ1n) is 7.42. The monoisotopic (exact) mass is 359 g/mol. The van der Waals surface area contributed by atoms with E-state index in [9.17, 15) is 4.79 Å². The molecule has 6 heteroatoms. The molecule has 24 heavy (non-hydrogen) atoms. The predicted molar refractivity (Wildman–Crippen MR) is 96.6 cm³/mol. The quantitative estimate of drug-likeness (QED) is 0.732. The fourth-order valence-corrected chi connectivity index (χ4v) is 2.71. The number of carbonyl (C=O) groups is 1. The minimum absolute atomic E-state index is 0.161. The van der Waals surface area contributed by atoms with Gasteiger partial charge in [-0.25, -0.2) is 0 Å². The van der Waals surface area contributed by atoms with Gasteiger partial charge in [-0.15, -0.1) is 0 Å². The number of halogens is 2. The molecule has 1 N–H and O–H groups in total. The summed E-state index contributed by atoms with van der Waals surface area (Å²) in [6.45, 7) is 0.480. The third kappa shape index (κ3) is 4.16. The Kier molecular flexibility index (Phi) is 5.18. The molecule has 0 spiro atoms. The van der Waals surface area contributed by atoms with Crippen molar-refractivity contribution >= 4 is 34.9 Å². The van der Waals surface area contributed by atoms with E-state index in [1.165, 1.54) is 0 Å². The average molecular weight is 360 g/mol. The predicted octanol–water partition coefficient (Wildman–Crippen LogP) is 4.42. The Balaban J connectivity index is 1.68. The molecule has 1 heterocycles. The number of carbonyl (C=O) groups excluding carboxylic acids is 1. The van der Waals surface area contributed by atoms with E-state index in [0.717, 1.165) is 11.1 Å². The number of nitrogens with zero attached hydrogens (tertiary/aromatic N) is 2. The number of hydrogen-bond donors (Lipinski definition) is 1. The largest absolute Gasteiger partial charge is 0.308 e. The van der Waals surface area contributed by atoms with Gasteiger partial charge in [-0.05, 0) is 17.2 Å². The van der Waals surface area contributed by atoms with Gasteiger partial charge in [-0.3, -0.25) is 9.48 Å². The maximum absolute atomic E-state index is 12.1. The molecular weight excluding hydrogens is 345 g/mol. The van der Waals surface area contributed by atoms with E-state index in [0.29, 0.717) is 22.4 Å². The molecular formula is C18H15Cl2N3O. The molecule has 0 radical (unpaired) electrons. The van der Waals surface area contributed by atoms with E-state index in [2.05, 4.69) is 10.4 Å². The van der Waals surface area contributed by atoms with Crippen LogP contribution < -0.4 is 5.32 Å². The summed E-state index contributed by atoms with van der Waals surface area (Å²) in [5.74, 6) is 0.191. The summed E-state index contributed by atoms with van der Waals surface area (Å²) in [6.07, 6.45) is 1.94. The molecule has 0 atom stereocenters. The molecule has 0 bridgehead atoms. The molecule has 0 saturated heterocycles.